The van der Waals surface area contributed by atoms with Gasteiger partial charge in [0.1, 0.15) is 0 Å². The fraction of sp³-hybridized carbons (Fsp3) is 0.222. The highest BCUT2D eigenvalue weighted by Gasteiger charge is 2.45. The SMILES string of the molecule is Fc1nc(-n2nc(C(F)(F)F)nc2C(F)(F)F)c(F)c(F)c1F. The molecule has 0 atom stereocenters. The van der Waals surface area contributed by atoms with Crippen molar-refractivity contribution in [2.45, 2.75) is 12.4 Å². The molecular formula is C9F10N4. The van der Waals surface area contributed by atoms with Gasteiger partial charge in [-0.2, -0.15) is 54.2 Å². The minimum Gasteiger partial charge on any atom is -0.200 e. The van der Waals surface area contributed by atoms with Gasteiger partial charge in [-0.25, -0.2) is 4.39 Å². The van der Waals surface area contributed by atoms with Crippen molar-refractivity contribution < 1.29 is 43.9 Å². The second-order valence-electron chi connectivity index (χ2n) is 3.83. The van der Waals surface area contributed by atoms with Gasteiger partial charge in [-0.05, 0) is 0 Å². The predicted octanol–water partition coefficient (Wildman–Crippen LogP) is 3.26. The molecule has 23 heavy (non-hydrogen) atoms. The number of hydrogen-bond donors (Lipinski definition) is 0. The molecule has 0 saturated heterocycles. The van der Waals surface area contributed by atoms with Crippen molar-refractivity contribution in [3.63, 3.8) is 0 Å². The van der Waals surface area contributed by atoms with Crippen LogP contribution in [0.25, 0.3) is 5.82 Å². The molecule has 0 unspecified atom stereocenters. The topological polar surface area (TPSA) is 43.6 Å². The van der Waals surface area contributed by atoms with Crippen LogP contribution in [-0.4, -0.2) is 19.7 Å². The number of nitrogens with zero attached hydrogens (tertiary/aromatic N) is 4. The molecule has 0 spiro atoms. The number of aromatic nitrogens is 4. The summed E-state index contributed by atoms with van der Waals surface area (Å²) in [6, 6.07) is 0. The lowest BCUT2D eigenvalue weighted by Crippen LogP contribution is -2.18. The van der Waals surface area contributed by atoms with E-state index in [0.717, 1.165) is 0 Å². The van der Waals surface area contributed by atoms with Gasteiger partial charge >= 0.3 is 12.4 Å². The normalized spacial score (nSPS) is 12.8. The molecule has 2 rings (SSSR count). The first-order valence-electron chi connectivity index (χ1n) is 5.16. The number of alkyl halides is 6. The second kappa shape index (κ2) is 5.06. The van der Waals surface area contributed by atoms with Crippen molar-refractivity contribution in [2.75, 3.05) is 0 Å². The molecule has 0 aliphatic rings. The summed E-state index contributed by atoms with van der Waals surface area (Å²) in [7, 11) is 0. The van der Waals surface area contributed by atoms with Gasteiger partial charge < -0.3 is 0 Å². The van der Waals surface area contributed by atoms with E-state index < -0.39 is 57.9 Å². The summed E-state index contributed by atoms with van der Waals surface area (Å²) in [5.41, 5.74) is 0. The van der Waals surface area contributed by atoms with E-state index in [1.54, 1.807) is 0 Å². The fourth-order valence-corrected chi connectivity index (χ4v) is 1.38. The van der Waals surface area contributed by atoms with Gasteiger partial charge in [-0.3, -0.25) is 0 Å². The summed E-state index contributed by atoms with van der Waals surface area (Å²) in [4.78, 5) is 4.42. The van der Waals surface area contributed by atoms with Crippen molar-refractivity contribution in [3.8, 4) is 5.82 Å². The molecule has 2 aromatic rings. The van der Waals surface area contributed by atoms with Crippen LogP contribution >= 0.6 is 0 Å². The Labute approximate surface area is 118 Å². The minimum atomic E-state index is -5.61. The first-order chi connectivity index (χ1) is 10.3. The van der Waals surface area contributed by atoms with Gasteiger partial charge in [0.15, 0.2) is 5.82 Å². The molecular weight excluding hydrogens is 354 g/mol. The van der Waals surface area contributed by atoms with Crippen molar-refractivity contribution in [1.29, 1.82) is 0 Å². The highest BCUT2D eigenvalue weighted by Crippen LogP contribution is 2.34. The standard InChI is InChI=1S/C9F10N4/c10-1-2(11)4(13)20-5(3(1)12)23-7(9(17,18)19)21-6(22-23)8(14,15)16. The molecule has 0 saturated carbocycles. The lowest BCUT2D eigenvalue weighted by Gasteiger charge is -2.09. The molecule has 0 aromatic carbocycles. The lowest BCUT2D eigenvalue weighted by molar-refractivity contribution is -0.150. The Balaban J connectivity index is 2.81. The average Bonchev–Trinajstić information content (AvgIpc) is 2.85. The smallest absolute Gasteiger partial charge is 0.200 e. The van der Waals surface area contributed by atoms with Gasteiger partial charge in [-0.15, -0.1) is 5.10 Å². The number of hydrogen-bond acceptors (Lipinski definition) is 3. The van der Waals surface area contributed by atoms with Gasteiger partial charge in [0.2, 0.25) is 23.3 Å². The Hall–Kier alpha value is -2.41. The largest absolute Gasteiger partial charge is 0.453 e. The maximum Gasteiger partial charge on any atom is 0.453 e. The molecule has 0 radical (unpaired) electrons. The molecule has 2 aromatic heterocycles. The van der Waals surface area contributed by atoms with E-state index in [1.807, 2.05) is 0 Å². The van der Waals surface area contributed by atoms with Crippen LogP contribution in [0, 0.1) is 23.4 Å². The Morgan fingerprint density at radius 1 is 0.696 bits per heavy atom. The van der Waals surface area contributed by atoms with Crippen molar-refractivity contribution in [1.82, 2.24) is 19.7 Å². The second-order valence-corrected chi connectivity index (χ2v) is 3.83. The predicted molar refractivity (Wildman–Crippen MR) is 49.0 cm³/mol. The van der Waals surface area contributed by atoms with Crippen LogP contribution in [0.2, 0.25) is 0 Å². The number of halogens is 10. The van der Waals surface area contributed by atoms with Crippen LogP contribution in [0.15, 0.2) is 0 Å². The molecule has 14 heteroatoms. The van der Waals surface area contributed by atoms with E-state index >= 15 is 0 Å². The van der Waals surface area contributed by atoms with E-state index in [-0.39, 0.29) is 0 Å². The maximum absolute atomic E-state index is 13.4. The van der Waals surface area contributed by atoms with Crippen LogP contribution in [0.1, 0.15) is 11.6 Å². The fourth-order valence-electron chi connectivity index (χ4n) is 1.38. The molecule has 126 valence electrons. The third kappa shape index (κ3) is 2.92. The highest BCUT2D eigenvalue weighted by atomic mass is 19.4. The van der Waals surface area contributed by atoms with Crippen molar-refractivity contribution in [2.24, 2.45) is 0 Å². The summed E-state index contributed by atoms with van der Waals surface area (Å²) in [5.74, 6) is -16.7. The summed E-state index contributed by atoms with van der Waals surface area (Å²) >= 11 is 0. The first kappa shape index (κ1) is 17.0. The van der Waals surface area contributed by atoms with Crippen LogP contribution in [0.5, 0.6) is 0 Å². The van der Waals surface area contributed by atoms with E-state index in [9.17, 15) is 43.9 Å². The molecule has 2 heterocycles. The Kier molecular flexibility index (Phi) is 3.73. The quantitative estimate of drug-likeness (QED) is 0.583. The summed E-state index contributed by atoms with van der Waals surface area (Å²) in [6.45, 7) is 0. The third-order valence-corrected chi connectivity index (χ3v) is 2.28. The Bertz CT molecular complexity index is 759. The van der Waals surface area contributed by atoms with E-state index in [0.29, 0.717) is 0 Å². The van der Waals surface area contributed by atoms with Crippen molar-refractivity contribution >= 4 is 0 Å². The zero-order valence-electron chi connectivity index (χ0n) is 10.1. The minimum absolute atomic E-state index is 0.913. The monoisotopic (exact) mass is 354 g/mol. The van der Waals surface area contributed by atoms with Gasteiger partial charge in [0.05, 0.1) is 0 Å². The molecule has 0 fully saturated rings. The molecule has 0 bridgehead atoms. The summed E-state index contributed by atoms with van der Waals surface area (Å²) < 4.78 is 126. The van der Waals surface area contributed by atoms with E-state index in [1.165, 1.54) is 0 Å². The molecule has 0 aliphatic heterocycles. The Morgan fingerprint density at radius 2 is 1.26 bits per heavy atom. The molecule has 4 nitrogen and oxygen atoms in total. The van der Waals surface area contributed by atoms with Gasteiger partial charge in [-0.1, -0.05) is 0 Å². The molecule has 0 amide bonds. The van der Waals surface area contributed by atoms with Crippen LogP contribution < -0.4 is 0 Å². The highest BCUT2D eigenvalue weighted by molar-refractivity contribution is 5.27. The lowest BCUT2D eigenvalue weighted by atomic mass is 10.4. The maximum atomic E-state index is 13.4. The first-order valence-corrected chi connectivity index (χ1v) is 5.16. The van der Waals surface area contributed by atoms with Crippen LogP contribution in [0.3, 0.4) is 0 Å². The van der Waals surface area contributed by atoms with Gasteiger partial charge in [0, 0.05) is 0 Å². The van der Waals surface area contributed by atoms with Crippen molar-refractivity contribution in [3.05, 3.63) is 35.0 Å². The summed E-state index contributed by atoms with van der Waals surface area (Å²) in [6.07, 6.45) is -11.1. The van der Waals surface area contributed by atoms with Crippen LogP contribution in [-0.2, 0) is 12.4 Å². The zero-order chi connectivity index (χ0) is 17.7. The van der Waals surface area contributed by atoms with E-state index in [2.05, 4.69) is 15.1 Å². The molecule has 0 N–H and O–H groups in total. The summed E-state index contributed by atoms with van der Waals surface area (Å²) in [5, 5.41) is 2.29. The van der Waals surface area contributed by atoms with Gasteiger partial charge in [0.25, 0.3) is 11.8 Å². The third-order valence-electron chi connectivity index (χ3n) is 2.28. The molecule has 0 aliphatic carbocycles. The average molecular weight is 354 g/mol. The Morgan fingerprint density at radius 3 is 1.74 bits per heavy atom. The zero-order valence-corrected chi connectivity index (χ0v) is 10.1. The number of rotatable bonds is 1. The van der Waals surface area contributed by atoms with Crippen LogP contribution in [0.4, 0.5) is 43.9 Å². The van der Waals surface area contributed by atoms with E-state index in [4.69, 9.17) is 0 Å². The number of pyridine rings is 1.